The van der Waals surface area contributed by atoms with E-state index in [0.29, 0.717) is 6.61 Å². The highest BCUT2D eigenvalue weighted by atomic mass is 16.5. The van der Waals surface area contributed by atoms with Crippen LogP contribution in [0.2, 0.25) is 0 Å². The summed E-state index contributed by atoms with van der Waals surface area (Å²) < 4.78 is 5.49. The Hall–Kier alpha value is -1.81. The molecule has 0 saturated heterocycles. The van der Waals surface area contributed by atoms with Gasteiger partial charge in [-0.25, -0.2) is 4.79 Å². The first-order valence-electron chi connectivity index (χ1n) is 19.3. The Balaban J connectivity index is 4.07. The summed E-state index contributed by atoms with van der Waals surface area (Å²) in [6.07, 6.45) is 49.0. The number of amides is 1. The maximum Gasteiger partial charge on any atom is 0.407 e. The fourth-order valence-corrected chi connectivity index (χ4v) is 5.42. The fourth-order valence-electron chi connectivity index (χ4n) is 5.42. The predicted molar refractivity (Wildman–Crippen MR) is 200 cm³/mol. The van der Waals surface area contributed by atoms with Crippen molar-refractivity contribution in [3.8, 4) is 0 Å². The number of carbonyl (C=O) groups excluding carboxylic acids is 1. The average Bonchev–Trinajstić information content (AvgIpc) is 3.02. The first-order chi connectivity index (χ1) is 22.1. The molecule has 0 aliphatic heterocycles. The zero-order valence-corrected chi connectivity index (χ0v) is 30.6. The smallest absolute Gasteiger partial charge is 0.407 e. The quantitative estimate of drug-likeness (QED) is 0.0580. The number of rotatable bonds is 33. The van der Waals surface area contributed by atoms with Crippen LogP contribution in [0.3, 0.4) is 0 Å². The summed E-state index contributed by atoms with van der Waals surface area (Å²) in [5.41, 5.74) is 0. The van der Waals surface area contributed by atoms with E-state index in [4.69, 9.17) is 4.74 Å². The first kappa shape index (κ1) is 43.2. The molecule has 0 aromatic heterocycles. The minimum Gasteiger partial charge on any atom is -0.450 e. The third-order valence-corrected chi connectivity index (χ3v) is 8.31. The third-order valence-electron chi connectivity index (χ3n) is 8.31. The molecule has 1 amide bonds. The maximum absolute atomic E-state index is 12.5. The summed E-state index contributed by atoms with van der Waals surface area (Å²) in [6.45, 7) is 5.92. The molecule has 0 aromatic carbocycles. The van der Waals surface area contributed by atoms with E-state index in [1.54, 1.807) is 0 Å². The van der Waals surface area contributed by atoms with Gasteiger partial charge >= 0.3 is 6.09 Å². The number of carbonyl (C=O) groups is 1. The van der Waals surface area contributed by atoms with Gasteiger partial charge in [-0.2, -0.15) is 0 Å². The van der Waals surface area contributed by atoms with Crippen molar-refractivity contribution in [1.29, 1.82) is 0 Å². The number of alkyl carbamates (subject to hydrolysis) is 1. The number of hydrogen-bond donors (Lipinski definition) is 1. The lowest BCUT2D eigenvalue weighted by Gasteiger charge is -2.19. The van der Waals surface area contributed by atoms with E-state index >= 15 is 0 Å². The Morgan fingerprint density at radius 3 is 1.38 bits per heavy atom. The molecular formula is C41H76N2O2. The van der Waals surface area contributed by atoms with Crippen LogP contribution in [0.5, 0.6) is 0 Å². The second-order valence-corrected chi connectivity index (χ2v) is 13.2. The van der Waals surface area contributed by atoms with Gasteiger partial charge < -0.3 is 15.0 Å². The molecule has 4 nitrogen and oxygen atoms in total. The average molecular weight is 629 g/mol. The molecule has 0 atom stereocenters. The lowest BCUT2D eigenvalue weighted by atomic mass is 10.00. The van der Waals surface area contributed by atoms with Crippen LogP contribution in [0, 0.1) is 0 Å². The SMILES string of the molecule is CCCC/C=C\C/C=C\CCCCCCCCC(CCCCCCCC/C=C\C/C=C\CCCC)NC(=O)OCCCN(C)C. The molecule has 45 heavy (non-hydrogen) atoms. The molecule has 0 aliphatic rings. The van der Waals surface area contributed by atoms with Gasteiger partial charge in [0.05, 0.1) is 6.61 Å². The van der Waals surface area contributed by atoms with E-state index in [0.717, 1.165) is 38.6 Å². The molecule has 0 aromatic rings. The molecule has 0 bridgehead atoms. The number of unbranched alkanes of at least 4 members (excludes halogenated alkanes) is 16. The monoisotopic (exact) mass is 629 g/mol. The summed E-state index contributed by atoms with van der Waals surface area (Å²) >= 11 is 0. The van der Waals surface area contributed by atoms with Crippen molar-refractivity contribution >= 4 is 6.09 Å². The van der Waals surface area contributed by atoms with E-state index in [1.807, 2.05) is 0 Å². The second kappa shape index (κ2) is 36.7. The molecule has 0 heterocycles. The molecule has 262 valence electrons. The van der Waals surface area contributed by atoms with Crippen molar-refractivity contribution in [3.05, 3.63) is 48.6 Å². The molecule has 0 radical (unpaired) electrons. The molecule has 0 unspecified atom stereocenters. The van der Waals surface area contributed by atoms with Crippen molar-refractivity contribution in [2.45, 2.75) is 180 Å². The van der Waals surface area contributed by atoms with Crippen molar-refractivity contribution in [1.82, 2.24) is 10.2 Å². The van der Waals surface area contributed by atoms with E-state index in [1.165, 1.54) is 128 Å². The molecule has 0 fully saturated rings. The standard InChI is InChI=1S/C41H76N2O2/c1-5-7-9-11-13-15-17-19-21-23-25-27-29-31-33-36-40(42-41(44)45-39-35-38-43(3)4)37-34-32-30-28-26-24-22-20-18-16-14-12-10-8-6-2/h11-14,17-20,40H,5-10,15-16,21-39H2,1-4H3,(H,42,44)/b13-11-,14-12-,19-17-,20-18-. The number of hydrogen-bond acceptors (Lipinski definition) is 3. The normalized spacial score (nSPS) is 12.3. The minimum absolute atomic E-state index is 0.229. The van der Waals surface area contributed by atoms with Gasteiger partial charge in [-0.05, 0) is 84.7 Å². The largest absolute Gasteiger partial charge is 0.450 e. The highest BCUT2D eigenvalue weighted by Crippen LogP contribution is 2.16. The number of allylic oxidation sites excluding steroid dienone is 8. The van der Waals surface area contributed by atoms with Crippen molar-refractivity contribution < 1.29 is 9.53 Å². The van der Waals surface area contributed by atoms with Gasteiger partial charge in [0.2, 0.25) is 0 Å². The first-order valence-corrected chi connectivity index (χ1v) is 19.3. The molecule has 0 spiro atoms. The highest BCUT2D eigenvalue weighted by molar-refractivity contribution is 5.67. The molecule has 4 heteroatoms. The van der Waals surface area contributed by atoms with Crippen LogP contribution in [0.4, 0.5) is 4.79 Å². The number of nitrogens with one attached hydrogen (secondary N) is 1. The van der Waals surface area contributed by atoms with Gasteiger partial charge in [-0.15, -0.1) is 0 Å². The topological polar surface area (TPSA) is 41.6 Å². The molecule has 0 rings (SSSR count). The van der Waals surface area contributed by atoms with Gasteiger partial charge in [0.15, 0.2) is 0 Å². The van der Waals surface area contributed by atoms with Crippen LogP contribution in [0.25, 0.3) is 0 Å². The maximum atomic E-state index is 12.5. The van der Waals surface area contributed by atoms with Crippen LogP contribution >= 0.6 is 0 Å². The minimum atomic E-state index is -0.229. The molecular weight excluding hydrogens is 552 g/mol. The van der Waals surface area contributed by atoms with Crippen molar-refractivity contribution in [2.75, 3.05) is 27.2 Å². The van der Waals surface area contributed by atoms with Gasteiger partial charge in [-0.3, -0.25) is 0 Å². The van der Waals surface area contributed by atoms with Gasteiger partial charge in [-0.1, -0.05) is 152 Å². The van der Waals surface area contributed by atoms with E-state index in [9.17, 15) is 4.79 Å². The Morgan fingerprint density at radius 1 is 0.556 bits per heavy atom. The zero-order valence-electron chi connectivity index (χ0n) is 30.6. The Kier molecular flexibility index (Phi) is 35.2. The predicted octanol–water partition coefficient (Wildman–Crippen LogP) is 12.7. The van der Waals surface area contributed by atoms with Crippen LogP contribution in [-0.2, 0) is 4.74 Å². The van der Waals surface area contributed by atoms with E-state index < -0.39 is 0 Å². The Labute approximate surface area is 281 Å². The lowest BCUT2D eigenvalue weighted by molar-refractivity contribution is 0.136. The second-order valence-electron chi connectivity index (χ2n) is 13.2. The highest BCUT2D eigenvalue weighted by Gasteiger charge is 2.13. The lowest BCUT2D eigenvalue weighted by Crippen LogP contribution is -2.35. The van der Waals surface area contributed by atoms with Crippen LogP contribution in [-0.4, -0.2) is 44.3 Å². The van der Waals surface area contributed by atoms with E-state index in [2.05, 4.69) is 86.8 Å². The third kappa shape index (κ3) is 36.5. The number of ether oxygens (including phenoxy) is 1. The fraction of sp³-hybridized carbons (Fsp3) is 0.780. The Morgan fingerprint density at radius 2 is 0.956 bits per heavy atom. The van der Waals surface area contributed by atoms with Crippen molar-refractivity contribution in [2.24, 2.45) is 0 Å². The summed E-state index contributed by atoms with van der Waals surface area (Å²) in [7, 11) is 4.10. The summed E-state index contributed by atoms with van der Waals surface area (Å²) in [6, 6.07) is 0.244. The van der Waals surface area contributed by atoms with Crippen LogP contribution < -0.4 is 5.32 Å². The van der Waals surface area contributed by atoms with Gasteiger partial charge in [0, 0.05) is 12.6 Å². The van der Waals surface area contributed by atoms with Crippen LogP contribution in [0.15, 0.2) is 48.6 Å². The molecule has 1 N–H and O–H groups in total. The van der Waals surface area contributed by atoms with Crippen LogP contribution in [0.1, 0.15) is 174 Å². The van der Waals surface area contributed by atoms with Crippen molar-refractivity contribution in [3.63, 3.8) is 0 Å². The summed E-state index contributed by atoms with van der Waals surface area (Å²) in [5.74, 6) is 0. The summed E-state index contributed by atoms with van der Waals surface area (Å²) in [5, 5.41) is 3.20. The molecule has 0 saturated carbocycles. The van der Waals surface area contributed by atoms with Gasteiger partial charge in [0.1, 0.15) is 0 Å². The summed E-state index contributed by atoms with van der Waals surface area (Å²) in [4.78, 5) is 14.6. The Bertz CT molecular complexity index is 679. The zero-order chi connectivity index (χ0) is 32.9. The van der Waals surface area contributed by atoms with E-state index in [-0.39, 0.29) is 12.1 Å². The molecule has 0 aliphatic carbocycles. The van der Waals surface area contributed by atoms with Gasteiger partial charge in [0.25, 0.3) is 0 Å². The number of nitrogens with zero attached hydrogens (tertiary/aromatic N) is 1.